The lowest BCUT2D eigenvalue weighted by molar-refractivity contribution is 0.168. The van der Waals surface area contributed by atoms with Crippen molar-refractivity contribution in [2.75, 3.05) is 11.9 Å². The molecule has 1 amide bonds. The number of ether oxygens (including phenoxy) is 1. The fourth-order valence-electron chi connectivity index (χ4n) is 0.847. The van der Waals surface area contributed by atoms with Gasteiger partial charge in [-0.25, -0.2) is 4.79 Å². The van der Waals surface area contributed by atoms with Crippen LogP contribution in [0.4, 0.5) is 9.80 Å². The molecule has 14 heavy (non-hydrogen) atoms. The van der Waals surface area contributed by atoms with E-state index in [1.165, 1.54) is 0 Å². The smallest absolute Gasteiger partial charge is 0.412 e. The van der Waals surface area contributed by atoms with Crippen molar-refractivity contribution in [1.29, 1.82) is 5.26 Å². The molecule has 0 fully saturated rings. The number of nitrogens with one attached hydrogen (secondary N) is 1. The number of hydrogen-bond acceptors (Lipinski definition) is 5. The largest absolute Gasteiger partial charge is 0.450 e. The van der Waals surface area contributed by atoms with E-state index in [1.54, 1.807) is 13.8 Å². The molecule has 5 nitrogen and oxygen atoms in total. The molecule has 0 aliphatic rings. The van der Waals surface area contributed by atoms with Crippen LogP contribution in [0.3, 0.4) is 0 Å². The van der Waals surface area contributed by atoms with Gasteiger partial charge < -0.3 is 4.74 Å². The van der Waals surface area contributed by atoms with Gasteiger partial charge in [0.2, 0.25) is 0 Å². The first-order valence-electron chi connectivity index (χ1n) is 3.99. The van der Waals surface area contributed by atoms with Gasteiger partial charge >= 0.3 is 6.09 Å². The molecular formula is C8H9N3O2S. The monoisotopic (exact) mass is 211 g/mol. The molecule has 6 heteroatoms. The van der Waals surface area contributed by atoms with Gasteiger partial charge in [0.25, 0.3) is 0 Å². The Morgan fingerprint density at radius 1 is 1.79 bits per heavy atom. The Morgan fingerprint density at radius 3 is 3.07 bits per heavy atom. The molecule has 1 N–H and O–H groups in total. The molecule has 1 heterocycles. The summed E-state index contributed by atoms with van der Waals surface area (Å²) in [5.74, 6) is 0. The molecular weight excluding hydrogens is 202 g/mol. The average molecular weight is 211 g/mol. The first-order chi connectivity index (χ1) is 6.69. The van der Waals surface area contributed by atoms with Crippen molar-refractivity contribution in [3.8, 4) is 6.07 Å². The van der Waals surface area contributed by atoms with Gasteiger partial charge in [0, 0.05) is 0 Å². The molecule has 0 spiro atoms. The van der Waals surface area contributed by atoms with Crippen molar-refractivity contribution in [3.05, 3.63) is 11.3 Å². The molecule has 0 aliphatic carbocycles. The fourth-order valence-corrected chi connectivity index (χ4v) is 1.58. The molecule has 0 bridgehead atoms. The van der Waals surface area contributed by atoms with Crippen LogP contribution in [0.15, 0.2) is 0 Å². The minimum Gasteiger partial charge on any atom is -0.450 e. The first-order valence-corrected chi connectivity index (χ1v) is 4.76. The Morgan fingerprint density at radius 2 is 2.50 bits per heavy atom. The van der Waals surface area contributed by atoms with E-state index in [1.807, 2.05) is 6.07 Å². The lowest BCUT2D eigenvalue weighted by atomic mass is 10.3. The molecule has 1 rings (SSSR count). The maximum absolute atomic E-state index is 11.0. The van der Waals surface area contributed by atoms with Gasteiger partial charge in [-0.05, 0) is 25.4 Å². The third kappa shape index (κ3) is 2.20. The summed E-state index contributed by atoms with van der Waals surface area (Å²) in [6.07, 6.45) is -0.562. The number of rotatable bonds is 2. The summed E-state index contributed by atoms with van der Waals surface area (Å²) in [6, 6.07) is 1.97. The molecule has 0 aliphatic heterocycles. The topological polar surface area (TPSA) is 75.0 Å². The number of aryl methyl sites for hydroxylation is 1. The lowest BCUT2D eigenvalue weighted by Crippen LogP contribution is -2.13. The number of nitrogens with zero attached hydrogens (tertiary/aromatic N) is 2. The van der Waals surface area contributed by atoms with Gasteiger partial charge in [0.05, 0.1) is 12.3 Å². The maximum Gasteiger partial charge on any atom is 0.412 e. The maximum atomic E-state index is 11.0. The fraction of sp³-hybridized carbons (Fsp3) is 0.375. The molecule has 0 saturated carbocycles. The minimum absolute atomic E-state index is 0.297. The summed E-state index contributed by atoms with van der Waals surface area (Å²) in [5, 5.41) is 11.6. The van der Waals surface area contributed by atoms with E-state index < -0.39 is 6.09 Å². The summed E-state index contributed by atoms with van der Waals surface area (Å²) in [5.41, 5.74) is 1.01. The molecule has 1 aromatic rings. The second kappa shape index (κ2) is 4.58. The van der Waals surface area contributed by atoms with Crippen LogP contribution in [-0.4, -0.2) is 17.1 Å². The third-order valence-electron chi connectivity index (χ3n) is 1.47. The van der Waals surface area contributed by atoms with E-state index in [9.17, 15) is 4.79 Å². The average Bonchev–Trinajstić information content (AvgIpc) is 2.47. The zero-order valence-electron chi connectivity index (χ0n) is 7.83. The zero-order chi connectivity index (χ0) is 10.6. The molecule has 0 atom stereocenters. The summed E-state index contributed by atoms with van der Waals surface area (Å²) in [7, 11) is 0. The molecule has 0 saturated heterocycles. The molecule has 0 aromatic carbocycles. The van der Waals surface area contributed by atoms with Crippen LogP contribution in [0, 0.1) is 18.3 Å². The second-order valence-electron chi connectivity index (χ2n) is 2.43. The first kappa shape index (κ1) is 10.5. The van der Waals surface area contributed by atoms with Crippen LogP contribution in [0.5, 0.6) is 0 Å². The summed E-state index contributed by atoms with van der Waals surface area (Å²) in [4.78, 5) is 11.0. The third-order valence-corrected chi connectivity index (χ3v) is 2.32. The second-order valence-corrected chi connectivity index (χ2v) is 3.20. The van der Waals surface area contributed by atoms with E-state index in [0.717, 1.165) is 11.5 Å². The number of anilines is 1. The Hall–Kier alpha value is -1.61. The number of aromatic nitrogens is 1. The summed E-state index contributed by atoms with van der Waals surface area (Å²) < 4.78 is 8.62. The predicted molar refractivity (Wildman–Crippen MR) is 52.2 cm³/mol. The minimum atomic E-state index is -0.562. The summed E-state index contributed by atoms with van der Waals surface area (Å²) >= 11 is 1.07. The predicted octanol–water partition coefficient (Wildman–Crippen LogP) is 1.89. The zero-order valence-corrected chi connectivity index (χ0v) is 8.64. The van der Waals surface area contributed by atoms with Crippen LogP contribution in [0.1, 0.15) is 18.2 Å². The van der Waals surface area contributed by atoms with E-state index in [2.05, 4.69) is 14.4 Å². The molecule has 0 radical (unpaired) electrons. The Balaban J connectivity index is 2.77. The molecule has 0 unspecified atom stereocenters. The van der Waals surface area contributed by atoms with Gasteiger partial charge in [-0.3, -0.25) is 5.32 Å². The van der Waals surface area contributed by atoms with Crippen LogP contribution in [-0.2, 0) is 4.74 Å². The highest BCUT2D eigenvalue weighted by Crippen LogP contribution is 2.23. The van der Waals surface area contributed by atoms with Gasteiger partial charge in [-0.2, -0.15) is 9.64 Å². The molecule has 74 valence electrons. The van der Waals surface area contributed by atoms with E-state index in [4.69, 9.17) is 5.26 Å². The van der Waals surface area contributed by atoms with Crippen LogP contribution >= 0.6 is 11.5 Å². The van der Waals surface area contributed by atoms with E-state index in [-0.39, 0.29) is 0 Å². The van der Waals surface area contributed by atoms with Crippen molar-refractivity contribution >= 4 is 22.6 Å². The van der Waals surface area contributed by atoms with Gasteiger partial charge in [0.15, 0.2) is 0 Å². The standard InChI is InChI=1S/C8H9N3O2S/c1-3-13-8(12)10-7-6(4-9)5(2)11-14-7/h3H2,1-2H3,(H,10,12). The highest BCUT2D eigenvalue weighted by atomic mass is 32.1. The summed E-state index contributed by atoms with van der Waals surface area (Å²) in [6.45, 7) is 3.72. The van der Waals surface area contributed by atoms with Crippen molar-refractivity contribution in [2.24, 2.45) is 0 Å². The van der Waals surface area contributed by atoms with Crippen LogP contribution in [0.2, 0.25) is 0 Å². The normalized spacial score (nSPS) is 9.21. The highest BCUT2D eigenvalue weighted by molar-refractivity contribution is 7.10. The molecule has 1 aromatic heterocycles. The quantitative estimate of drug-likeness (QED) is 0.810. The van der Waals surface area contributed by atoms with E-state index in [0.29, 0.717) is 22.9 Å². The number of carbonyl (C=O) groups excluding carboxylic acids is 1. The van der Waals surface area contributed by atoms with E-state index >= 15 is 0 Å². The van der Waals surface area contributed by atoms with Crippen molar-refractivity contribution in [2.45, 2.75) is 13.8 Å². The van der Waals surface area contributed by atoms with Crippen molar-refractivity contribution < 1.29 is 9.53 Å². The Kier molecular flexibility index (Phi) is 3.42. The number of carbonyl (C=O) groups is 1. The number of amides is 1. The Labute approximate surface area is 85.5 Å². The SMILES string of the molecule is CCOC(=O)Nc1snc(C)c1C#N. The number of hydrogen-bond donors (Lipinski definition) is 1. The lowest BCUT2D eigenvalue weighted by Gasteiger charge is -2.01. The van der Waals surface area contributed by atoms with Gasteiger partial charge in [0.1, 0.15) is 16.6 Å². The van der Waals surface area contributed by atoms with Crippen LogP contribution < -0.4 is 5.32 Å². The van der Waals surface area contributed by atoms with Crippen LogP contribution in [0.25, 0.3) is 0 Å². The highest BCUT2D eigenvalue weighted by Gasteiger charge is 2.12. The van der Waals surface area contributed by atoms with Gasteiger partial charge in [-0.1, -0.05) is 0 Å². The van der Waals surface area contributed by atoms with Gasteiger partial charge in [-0.15, -0.1) is 0 Å². The van der Waals surface area contributed by atoms with Crippen molar-refractivity contribution in [1.82, 2.24) is 4.37 Å². The van der Waals surface area contributed by atoms with Crippen molar-refractivity contribution in [3.63, 3.8) is 0 Å². The number of nitriles is 1. The Bertz CT molecular complexity index is 380.